The van der Waals surface area contributed by atoms with Gasteiger partial charge in [0, 0.05) is 50.6 Å². The van der Waals surface area contributed by atoms with Crippen molar-refractivity contribution < 1.29 is 9.59 Å². The van der Waals surface area contributed by atoms with Gasteiger partial charge in [-0.25, -0.2) is 0 Å². The monoisotopic (exact) mass is 344 g/mol. The summed E-state index contributed by atoms with van der Waals surface area (Å²) in [6.45, 7) is 4.76. The Balaban J connectivity index is 1.65. The van der Waals surface area contributed by atoms with E-state index in [1.165, 1.54) is 6.42 Å². The van der Waals surface area contributed by atoms with Crippen LogP contribution in [-0.4, -0.2) is 67.4 Å². The predicted molar refractivity (Wildman–Crippen MR) is 99.8 cm³/mol. The molecule has 1 aromatic rings. The van der Waals surface area contributed by atoms with Crippen molar-refractivity contribution in [1.82, 2.24) is 9.80 Å². The summed E-state index contributed by atoms with van der Waals surface area (Å²) in [5.74, 6) is -0.947. The Morgan fingerprint density at radius 1 is 1.20 bits per heavy atom. The van der Waals surface area contributed by atoms with E-state index in [-0.39, 0.29) is 6.04 Å². The molecule has 0 spiro atoms. The standard InChI is InChI=1S/C19H28N4O2/c1-4-15-12-22-11-5-6-17(22)13-23(15)19(25)18(24)20-14-7-9-16(10-8-14)21(2)3/h7-10,15,17H,4-6,11-13H2,1-3H3,(H,20,24)/t15-,17+/m0/s1. The van der Waals surface area contributed by atoms with Gasteiger partial charge in [-0.3, -0.25) is 14.5 Å². The molecule has 0 aliphatic carbocycles. The van der Waals surface area contributed by atoms with E-state index < -0.39 is 11.8 Å². The molecule has 25 heavy (non-hydrogen) atoms. The summed E-state index contributed by atoms with van der Waals surface area (Å²) in [4.78, 5) is 31.4. The number of benzene rings is 1. The van der Waals surface area contributed by atoms with Gasteiger partial charge >= 0.3 is 11.8 Å². The molecule has 6 nitrogen and oxygen atoms in total. The van der Waals surface area contributed by atoms with E-state index in [9.17, 15) is 9.59 Å². The van der Waals surface area contributed by atoms with Gasteiger partial charge in [0.2, 0.25) is 0 Å². The van der Waals surface area contributed by atoms with Crippen LogP contribution in [0.25, 0.3) is 0 Å². The Morgan fingerprint density at radius 3 is 2.56 bits per heavy atom. The minimum Gasteiger partial charge on any atom is -0.378 e. The molecule has 6 heteroatoms. The first-order valence-corrected chi connectivity index (χ1v) is 9.13. The number of rotatable bonds is 3. The lowest BCUT2D eigenvalue weighted by atomic mass is 10.0. The second kappa shape index (κ2) is 7.44. The summed E-state index contributed by atoms with van der Waals surface area (Å²) in [5.41, 5.74) is 1.70. The molecule has 0 bridgehead atoms. The Bertz CT molecular complexity index is 629. The largest absolute Gasteiger partial charge is 0.378 e. The molecule has 1 N–H and O–H groups in total. The fraction of sp³-hybridized carbons (Fsp3) is 0.579. The second-order valence-electron chi connectivity index (χ2n) is 7.21. The molecule has 136 valence electrons. The van der Waals surface area contributed by atoms with Crippen molar-refractivity contribution in [2.24, 2.45) is 0 Å². The van der Waals surface area contributed by atoms with Crippen LogP contribution < -0.4 is 10.2 Å². The van der Waals surface area contributed by atoms with Crippen LogP contribution in [0.3, 0.4) is 0 Å². The first-order chi connectivity index (χ1) is 12.0. The molecule has 0 saturated carbocycles. The molecular formula is C19H28N4O2. The van der Waals surface area contributed by atoms with Crippen LogP contribution in [0.1, 0.15) is 26.2 Å². The first kappa shape index (κ1) is 17.7. The number of nitrogens with zero attached hydrogens (tertiary/aromatic N) is 3. The molecule has 2 aliphatic rings. The number of nitrogens with one attached hydrogen (secondary N) is 1. The zero-order valence-corrected chi connectivity index (χ0v) is 15.4. The molecule has 0 unspecified atom stereocenters. The van der Waals surface area contributed by atoms with E-state index >= 15 is 0 Å². The smallest absolute Gasteiger partial charge is 0.313 e. The van der Waals surface area contributed by atoms with Gasteiger partial charge in [-0.15, -0.1) is 0 Å². The van der Waals surface area contributed by atoms with Gasteiger partial charge in [0.05, 0.1) is 0 Å². The summed E-state index contributed by atoms with van der Waals surface area (Å²) < 4.78 is 0. The van der Waals surface area contributed by atoms with Crippen LogP contribution in [-0.2, 0) is 9.59 Å². The molecule has 1 aromatic carbocycles. The molecule has 0 radical (unpaired) electrons. The topological polar surface area (TPSA) is 55.9 Å². The highest BCUT2D eigenvalue weighted by Gasteiger charge is 2.39. The number of hydrogen-bond donors (Lipinski definition) is 1. The van der Waals surface area contributed by atoms with Gasteiger partial charge in [-0.2, -0.15) is 0 Å². The summed E-state index contributed by atoms with van der Waals surface area (Å²) in [7, 11) is 3.93. The average molecular weight is 344 g/mol. The maximum atomic E-state index is 12.7. The normalized spacial score (nSPS) is 23.2. The van der Waals surface area contributed by atoms with Gasteiger partial charge in [0.25, 0.3) is 0 Å². The minimum absolute atomic E-state index is 0.128. The Labute approximate surface area is 149 Å². The van der Waals surface area contributed by atoms with E-state index in [0.29, 0.717) is 18.3 Å². The number of hydrogen-bond acceptors (Lipinski definition) is 4. The number of fused-ring (bicyclic) bond motifs is 1. The summed E-state index contributed by atoms with van der Waals surface area (Å²) in [6, 6.07) is 8.04. The highest BCUT2D eigenvalue weighted by molar-refractivity contribution is 6.39. The van der Waals surface area contributed by atoms with Crippen molar-refractivity contribution in [3.63, 3.8) is 0 Å². The van der Waals surface area contributed by atoms with Crippen LogP contribution >= 0.6 is 0 Å². The van der Waals surface area contributed by atoms with Gasteiger partial charge in [-0.05, 0) is 50.1 Å². The first-order valence-electron chi connectivity index (χ1n) is 9.13. The highest BCUT2D eigenvalue weighted by Crippen LogP contribution is 2.26. The predicted octanol–water partition coefficient (Wildman–Crippen LogP) is 1.78. The fourth-order valence-electron chi connectivity index (χ4n) is 3.84. The average Bonchev–Trinajstić information content (AvgIpc) is 3.07. The Hall–Kier alpha value is -2.08. The van der Waals surface area contributed by atoms with Crippen molar-refractivity contribution in [2.75, 3.05) is 43.9 Å². The van der Waals surface area contributed by atoms with Gasteiger partial charge in [-0.1, -0.05) is 6.92 Å². The minimum atomic E-state index is -0.539. The summed E-state index contributed by atoms with van der Waals surface area (Å²) in [5, 5.41) is 2.75. The van der Waals surface area contributed by atoms with E-state index in [1.54, 1.807) is 4.90 Å². The molecule has 2 aliphatic heterocycles. The second-order valence-corrected chi connectivity index (χ2v) is 7.21. The van der Waals surface area contributed by atoms with E-state index in [1.807, 2.05) is 43.3 Å². The zero-order chi connectivity index (χ0) is 18.0. The third-order valence-electron chi connectivity index (χ3n) is 5.36. The Kier molecular flexibility index (Phi) is 5.27. The third kappa shape index (κ3) is 3.79. The number of carbonyl (C=O) groups excluding carboxylic acids is 2. The number of amides is 2. The van der Waals surface area contributed by atoms with Gasteiger partial charge < -0.3 is 15.1 Å². The maximum absolute atomic E-state index is 12.7. The van der Waals surface area contributed by atoms with Gasteiger partial charge in [0.15, 0.2) is 0 Å². The van der Waals surface area contributed by atoms with E-state index in [2.05, 4.69) is 17.1 Å². The lowest BCUT2D eigenvalue weighted by molar-refractivity contribution is -0.147. The fourth-order valence-corrected chi connectivity index (χ4v) is 3.84. The molecular weight excluding hydrogens is 316 g/mol. The number of carbonyl (C=O) groups is 2. The van der Waals surface area contributed by atoms with Crippen molar-refractivity contribution in [3.8, 4) is 0 Å². The lowest BCUT2D eigenvalue weighted by Crippen LogP contribution is -2.59. The summed E-state index contributed by atoms with van der Waals surface area (Å²) >= 11 is 0. The molecule has 3 rings (SSSR count). The quantitative estimate of drug-likeness (QED) is 0.849. The maximum Gasteiger partial charge on any atom is 0.313 e. The van der Waals surface area contributed by atoms with Crippen molar-refractivity contribution in [1.29, 1.82) is 0 Å². The SMILES string of the molecule is CC[C@H]1CN2CCC[C@@H]2CN1C(=O)C(=O)Nc1ccc(N(C)C)cc1. The van der Waals surface area contributed by atoms with Crippen molar-refractivity contribution in [2.45, 2.75) is 38.3 Å². The zero-order valence-electron chi connectivity index (χ0n) is 15.4. The van der Waals surface area contributed by atoms with Crippen molar-refractivity contribution >= 4 is 23.2 Å². The van der Waals surface area contributed by atoms with Crippen LogP contribution in [0.15, 0.2) is 24.3 Å². The lowest BCUT2D eigenvalue weighted by Gasteiger charge is -2.43. The number of anilines is 2. The van der Waals surface area contributed by atoms with Crippen LogP contribution in [0.4, 0.5) is 11.4 Å². The Morgan fingerprint density at radius 2 is 1.92 bits per heavy atom. The van der Waals surface area contributed by atoms with Crippen LogP contribution in [0, 0.1) is 0 Å². The molecule has 2 saturated heterocycles. The summed E-state index contributed by atoms with van der Waals surface area (Å²) in [6.07, 6.45) is 3.18. The number of piperazine rings is 1. The van der Waals surface area contributed by atoms with Crippen molar-refractivity contribution in [3.05, 3.63) is 24.3 Å². The van der Waals surface area contributed by atoms with Gasteiger partial charge in [0.1, 0.15) is 0 Å². The molecule has 2 amide bonds. The molecule has 0 aromatic heterocycles. The van der Waals surface area contributed by atoms with Crippen LogP contribution in [0.5, 0.6) is 0 Å². The molecule has 2 fully saturated rings. The highest BCUT2D eigenvalue weighted by atomic mass is 16.2. The third-order valence-corrected chi connectivity index (χ3v) is 5.36. The molecule has 2 heterocycles. The van der Waals surface area contributed by atoms with E-state index in [4.69, 9.17) is 0 Å². The van der Waals surface area contributed by atoms with Crippen LogP contribution in [0.2, 0.25) is 0 Å². The van der Waals surface area contributed by atoms with E-state index in [0.717, 1.165) is 31.6 Å². The molecule has 2 atom stereocenters.